The maximum atomic E-state index is 12.6. The Hall–Kier alpha value is -2.64. The Bertz CT molecular complexity index is 1100. The van der Waals surface area contributed by atoms with E-state index in [9.17, 15) is 4.79 Å². The molecule has 0 saturated heterocycles. The van der Waals surface area contributed by atoms with Crippen LogP contribution in [0.1, 0.15) is 27.4 Å². The molecule has 132 valence electrons. The molecular formula is C18H16ClN5OS. The maximum absolute atomic E-state index is 12.6. The van der Waals surface area contributed by atoms with Gasteiger partial charge in [-0.1, -0.05) is 11.6 Å². The van der Waals surface area contributed by atoms with E-state index in [0.717, 1.165) is 27.9 Å². The molecule has 0 spiro atoms. The second-order valence-corrected chi connectivity index (χ2v) is 7.27. The molecule has 0 atom stereocenters. The fourth-order valence-corrected chi connectivity index (χ4v) is 3.90. The van der Waals surface area contributed by atoms with Crippen molar-refractivity contribution in [1.29, 1.82) is 0 Å². The van der Waals surface area contributed by atoms with Gasteiger partial charge < -0.3 is 9.72 Å². The molecule has 0 aliphatic carbocycles. The third kappa shape index (κ3) is 3.00. The Morgan fingerprint density at radius 3 is 2.92 bits per heavy atom. The summed E-state index contributed by atoms with van der Waals surface area (Å²) in [5.41, 5.74) is 4.06. The standard InChI is InChI=1S/C18H16ClN5OS/c1-11-7-15(12(2)24(11)18-20-5-6-26-18)17(25)21-8-14-10-23-9-13(19)3-4-16(23)22-14/h3-7,9-10H,8H2,1-2H3,(H,21,25). The van der Waals surface area contributed by atoms with Crippen LogP contribution >= 0.6 is 22.9 Å². The second kappa shape index (κ2) is 6.59. The normalized spacial score (nSPS) is 11.2. The number of imidazole rings is 1. The van der Waals surface area contributed by atoms with Crippen molar-refractivity contribution in [1.82, 2.24) is 24.3 Å². The summed E-state index contributed by atoms with van der Waals surface area (Å²) in [6, 6.07) is 5.52. The number of rotatable bonds is 4. The summed E-state index contributed by atoms with van der Waals surface area (Å²) >= 11 is 7.53. The monoisotopic (exact) mass is 385 g/mol. The summed E-state index contributed by atoms with van der Waals surface area (Å²) in [5.74, 6) is -0.129. The first kappa shape index (κ1) is 16.8. The Balaban J connectivity index is 1.54. The predicted octanol–water partition coefficient (Wildman–Crippen LogP) is 3.78. The number of nitrogens with zero attached hydrogens (tertiary/aromatic N) is 4. The molecule has 0 bridgehead atoms. The Morgan fingerprint density at radius 1 is 1.31 bits per heavy atom. The molecule has 26 heavy (non-hydrogen) atoms. The molecule has 0 aromatic carbocycles. The van der Waals surface area contributed by atoms with E-state index in [1.54, 1.807) is 18.5 Å². The fourth-order valence-electron chi connectivity index (χ4n) is 2.98. The molecule has 0 radical (unpaired) electrons. The van der Waals surface area contributed by atoms with E-state index < -0.39 is 0 Å². The van der Waals surface area contributed by atoms with Crippen LogP contribution in [0.2, 0.25) is 5.02 Å². The van der Waals surface area contributed by atoms with E-state index in [4.69, 9.17) is 11.6 Å². The summed E-state index contributed by atoms with van der Waals surface area (Å²) in [4.78, 5) is 21.5. The van der Waals surface area contributed by atoms with Crippen molar-refractivity contribution in [3.05, 3.63) is 69.8 Å². The number of fused-ring (bicyclic) bond motifs is 1. The summed E-state index contributed by atoms with van der Waals surface area (Å²) in [5, 5.41) is 6.36. The number of hydrogen-bond acceptors (Lipinski definition) is 4. The number of aryl methyl sites for hydroxylation is 1. The lowest BCUT2D eigenvalue weighted by Crippen LogP contribution is -2.23. The summed E-state index contributed by atoms with van der Waals surface area (Å²) in [6.07, 6.45) is 5.41. The number of pyridine rings is 1. The quantitative estimate of drug-likeness (QED) is 0.581. The molecule has 0 aliphatic rings. The third-order valence-electron chi connectivity index (χ3n) is 4.18. The Labute approximate surface area is 159 Å². The smallest absolute Gasteiger partial charge is 0.253 e. The molecule has 6 nitrogen and oxygen atoms in total. The van der Waals surface area contributed by atoms with E-state index in [-0.39, 0.29) is 5.91 Å². The predicted molar refractivity (Wildman–Crippen MR) is 102 cm³/mol. The summed E-state index contributed by atoms with van der Waals surface area (Å²) in [6.45, 7) is 4.24. The van der Waals surface area contributed by atoms with Crippen LogP contribution in [-0.2, 0) is 6.54 Å². The van der Waals surface area contributed by atoms with Gasteiger partial charge in [0.25, 0.3) is 5.91 Å². The van der Waals surface area contributed by atoms with Crippen LogP contribution in [0, 0.1) is 13.8 Å². The van der Waals surface area contributed by atoms with Crippen LogP contribution < -0.4 is 5.32 Å². The van der Waals surface area contributed by atoms with Gasteiger partial charge in [0, 0.05) is 35.4 Å². The van der Waals surface area contributed by atoms with Gasteiger partial charge >= 0.3 is 0 Å². The van der Waals surface area contributed by atoms with Crippen molar-refractivity contribution in [3.63, 3.8) is 0 Å². The minimum Gasteiger partial charge on any atom is -0.346 e. The molecule has 0 saturated carbocycles. The van der Waals surface area contributed by atoms with Gasteiger partial charge in [0.1, 0.15) is 5.65 Å². The van der Waals surface area contributed by atoms with Crippen molar-refractivity contribution in [3.8, 4) is 5.13 Å². The van der Waals surface area contributed by atoms with Crippen molar-refractivity contribution >= 4 is 34.5 Å². The van der Waals surface area contributed by atoms with E-state index in [2.05, 4.69) is 15.3 Å². The van der Waals surface area contributed by atoms with Gasteiger partial charge in [0.2, 0.25) is 0 Å². The van der Waals surface area contributed by atoms with Gasteiger partial charge in [-0.05, 0) is 32.0 Å². The zero-order valence-corrected chi connectivity index (χ0v) is 15.8. The number of thiazole rings is 1. The molecular weight excluding hydrogens is 370 g/mol. The van der Waals surface area contributed by atoms with Gasteiger partial charge in [-0.3, -0.25) is 9.36 Å². The number of carbonyl (C=O) groups excluding carboxylic acids is 1. The topological polar surface area (TPSA) is 64.2 Å². The van der Waals surface area contributed by atoms with Gasteiger partial charge in [-0.15, -0.1) is 11.3 Å². The van der Waals surface area contributed by atoms with Crippen molar-refractivity contribution in [2.45, 2.75) is 20.4 Å². The average molecular weight is 386 g/mol. The van der Waals surface area contributed by atoms with Crippen LogP contribution in [0.3, 0.4) is 0 Å². The Morgan fingerprint density at radius 2 is 2.15 bits per heavy atom. The summed E-state index contributed by atoms with van der Waals surface area (Å²) < 4.78 is 3.84. The number of amides is 1. The lowest BCUT2D eigenvalue weighted by atomic mass is 10.2. The fraction of sp³-hybridized carbons (Fsp3) is 0.167. The molecule has 1 N–H and O–H groups in total. The van der Waals surface area contributed by atoms with Crippen molar-refractivity contribution in [2.75, 3.05) is 0 Å². The highest BCUT2D eigenvalue weighted by Gasteiger charge is 2.17. The molecule has 0 unspecified atom stereocenters. The van der Waals surface area contributed by atoms with Crippen LogP contribution in [-0.4, -0.2) is 24.8 Å². The van der Waals surface area contributed by atoms with Gasteiger partial charge in [0.15, 0.2) is 5.13 Å². The van der Waals surface area contributed by atoms with E-state index in [0.29, 0.717) is 17.1 Å². The highest BCUT2D eigenvalue weighted by atomic mass is 35.5. The first-order valence-corrected chi connectivity index (χ1v) is 9.29. The minimum absolute atomic E-state index is 0.129. The van der Waals surface area contributed by atoms with Crippen LogP contribution in [0.4, 0.5) is 0 Å². The number of halogens is 1. The second-order valence-electron chi connectivity index (χ2n) is 5.96. The largest absolute Gasteiger partial charge is 0.346 e. The number of hydrogen-bond donors (Lipinski definition) is 1. The number of nitrogens with one attached hydrogen (secondary N) is 1. The first-order valence-electron chi connectivity index (χ1n) is 8.03. The zero-order chi connectivity index (χ0) is 18.3. The average Bonchev–Trinajstić information content (AvgIpc) is 3.31. The Kier molecular flexibility index (Phi) is 4.26. The van der Waals surface area contributed by atoms with Crippen LogP contribution in [0.15, 0.2) is 42.2 Å². The van der Waals surface area contributed by atoms with Crippen LogP contribution in [0.5, 0.6) is 0 Å². The molecule has 4 heterocycles. The van der Waals surface area contributed by atoms with Crippen LogP contribution in [0.25, 0.3) is 10.8 Å². The first-order chi connectivity index (χ1) is 12.5. The lowest BCUT2D eigenvalue weighted by molar-refractivity contribution is 0.0950. The highest BCUT2D eigenvalue weighted by Crippen LogP contribution is 2.22. The zero-order valence-electron chi connectivity index (χ0n) is 14.2. The molecule has 8 heteroatoms. The molecule has 1 amide bonds. The van der Waals surface area contributed by atoms with E-state index >= 15 is 0 Å². The van der Waals surface area contributed by atoms with Crippen molar-refractivity contribution in [2.24, 2.45) is 0 Å². The molecule has 4 rings (SSSR count). The minimum atomic E-state index is -0.129. The van der Waals surface area contributed by atoms with Gasteiger partial charge in [0.05, 0.1) is 22.8 Å². The van der Waals surface area contributed by atoms with E-state index in [1.165, 1.54) is 11.3 Å². The number of aromatic nitrogens is 4. The summed E-state index contributed by atoms with van der Waals surface area (Å²) in [7, 11) is 0. The van der Waals surface area contributed by atoms with Gasteiger partial charge in [-0.25, -0.2) is 9.97 Å². The molecule has 0 aliphatic heterocycles. The van der Waals surface area contributed by atoms with Crippen molar-refractivity contribution < 1.29 is 4.79 Å². The molecule has 4 aromatic heterocycles. The molecule has 0 fully saturated rings. The molecule has 4 aromatic rings. The SMILES string of the molecule is Cc1cc(C(=O)NCc2cn3cc(Cl)ccc3n2)c(C)n1-c1nccs1. The lowest BCUT2D eigenvalue weighted by Gasteiger charge is -2.06. The number of carbonyl (C=O) groups is 1. The third-order valence-corrected chi connectivity index (χ3v) is 5.16. The van der Waals surface area contributed by atoms with Gasteiger partial charge in [-0.2, -0.15) is 0 Å². The maximum Gasteiger partial charge on any atom is 0.253 e. The highest BCUT2D eigenvalue weighted by molar-refractivity contribution is 7.12. The van der Waals surface area contributed by atoms with E-state index in [1.807, 2.05) is 46.5 Å².